The van der Waals surface area contributed by atoms with Gasteiger partial charge in [0.1, 0.15) is 0 Å². The number of hydrogen-bond acceptors (Lipinski definition) is 2. The molecule has 0 spiro atoms. The molecule has 0 aromatic carbocycles. The van der Waals surface area contributed by atoms with Crippen LogP contribution in [0.2, 0.25) is 16.6 Å². The third kappa shape index (κ3) is 4.71. The van der Waals surface area contributed by atoms with Crippen molar-refractivity contribution in [2.24, 2.45) is 5.92 Å². The van der Waals surface area contributed by atoms with Crippen molar-refractivity contribution >= 4 is 8.32 Å². The fourth-order valence-electron chi connectivity index (χ4n) is 3.68. The summed E-state index contributed by atoms with van der Waals surface area (Å²) in [5.41, 5.74) is 2.46. The van der Waals surface area contributed by atoms with E-state index >= 15 is 0 Å². The van der Waals surface area contributed by atoms with Crippen LogP contribution in [0, 0.1) is 18.3 Å². The molecular weight excluding hydrogens is 288 g/mol. The average molecular weight is 325 g/mol. The Balaban J connectivity index is 5.74. The third-order valence-electron chi connectivity index (χ3n) is 5.02. The second-order valence-electron chi connectivity index (χ2n) is 7.51. The molecule has 3 heteroatoms. The van der Waals surface area contributed by atoms with Gasteiger partial charge >= 0.3 is 0 Å². The summed E-state index contributed by atoms with van der Waals surface area (Å²) >= 11 is 0. The van der Waals surface area contributed by atoms with E-state index in [2.05, 4.69) is 61.0 Å². The molecule has 3 atom stereocenters. The normalized spacial score (nSPS) is 16.7. The Labute approximate surface area is 139 Å². The number of rotatable bonds is 9. The summed E-state index contributed by atoms with van der Waals surface area (Å²) in [7, 11) is -2.06. The van der Waals surface area contributed by atoms with E-state index in [-0.39, 0.29) is 12.0 Å². The molecular formula is C19H36O2Si. The van der Waals surface area contributed by atoms with Gasteiger partial charge in [0.05, 0.1) is 12.2 Å². The molecule has 0 radical (unpaired) electrons. The van der Waals surface area contributed by atoms with E-state index in [0.29, 0.717) is 23.0 Å². The monoisotopic (exact) mass is 324 g/mol. The van der Waals surface area contributed by atoms with Crippen LogP contribution in [0.1, 0.15) is 61.8 Å². The SMILES string of the molecule is C#CC[C@H](O)[C@@H](O[Si](C(C)C)(C(C)C)C(C)C)[C@@H](C)C(=C)C. The summed E-state index contributed by atoms with van der Waals surface area (Å²) in [5.74, 6) is 2.66. The molecule has 0 aromatic heterocycles. The fraction of sp³-hybridized carbons (Fsp3) is 0.789. The van der Waals surface area contributed by atoms with Crippen LogP contribution in [0.4, 0.5) is 0 Å². The van der Waals surface area contributed by atoms with Crippen molar-refractivity contribution < 1.29 is 9.53 Å². The highest BCUT2D eigenvalue weighted by atomic mass is 28.4. The summed E-state index contributed by atoms with van der Waals surface area (Å²) in [6.45, 7) is 21.6. The summed E-state index contributed by atoms with van der Waals surface area (Å²) < 4.78 is 6.79. The fourth-order valence-corrected chi connectivity index (χ4v) is 9.32. The van der Waals surface area contributed by atoms with Crippen molar-refractivity contribution in [3.63, 3.8) is 0 Å². The van der Waals surface area contributed by atoms with Crippen LogP contribution < -0.4 is 0 Å². The van der Waals surface area contributed by atoms with Crippen LogP contribution in [-0.4, -0.2) is 25.6 Å². The molecule has 1 N–H and O–H groups in total. The van der Waals surface area contributed by atoms with Gasteiger partial charge in [-0.05, 0) is 23.5 Å². The predicted octanol–water partition coefficient (Wildman–Crippen LogP) is 5.14. The lowest BCUT2D eigenvalue weighted by Gasteiger charge is -2.46. The Morgan fingerprint density at radius 2 is 1.50 bits per heavy atom. The Morgan fingerprint density at radius 1 is 1.09 bits per heavy atom. The van der Waals surface area contributed by atoms with Crippen LogP contribution >= 0.6 is 0 Å². The van der Waals surface area contributed by atoms with E-state index in [9.17, 15) is 5.11 Å². The molecule has 0 amide bonds. The van der Waals surface area contributed by atoms with Gasteiger partial charge in [-0.1, -0.05) is 60.6 Å². The number of aliphatic hydroxyl groups excluding tert-OH is 1. The molecule has 2 nitrogen and oxygen atoms in total. The highest BCUT2D eigenvalue weighted by molar-refractivity contribution is 6.77. The van der Waals surface area contributed by atoms with Crippen LogP contribution in [0.15, 0.2) is 12.2 Å². The lowest BCUT2D eigenvalue weighted by atomic mass is 9.93. The summed E-state index contributed by atoms with van der Waals surface area (Å²) in [6, 6.07) is 0. The molecule has 0 aliphatic carbocycles. The molecule has 0 saturated heterocycles. The second kappa shape index (κ2) is 8.91. The molecule has 128 valence electrons. The maximum atomic E-state index is 10.6. The average Bonchev–Trinajstić information content (AvgIpc) is 2.37. The minimum absolute atomic E-state index is 0.0893. The molecule has 0 aliphatic rings. The van der Waals surface area contributed by atoms with Crippen molar-refractivity contribution in [2.45, 2.75) is 90.6 Å². The topological polar surface area (TPSA) is 29.5 Å². The standard InChI is InChI=1S/C19H36O2Si/c1-11-12-18(20)19(17(10)13(2)3)21-22(14(4)5,15(6)7)16(8)9/h1,14-20H,2,12H2,3-10H3/t17-,18-,19-/m0/s1. The van der Waals surface area contributed by atoms with Crippen LogP contribution in [0.25, 0.3) is 0 Å². The van der Waals surface area contributed by atoms with E-state index in [0.717, 1.165) is 5.57 Å². The molecule has 0 heterocycles. The zero-order chi connectivity index (χ0) is 17.7. The first-order valence-electron chi connectivity index (χ1n) is 8.46. The van der Waals surface area contributed by atoms with Gasteiger partial charge in [0, 0.05) is 12.3 Å². The van der Waals surface area contributed by atoms with Gasteiger partial charge in [-0.15, -0.1) is 12.3 Å². The van der Waals surface area contributed by atoms with Gasteiger partial charge in [-0.25, -0.2) is 0 Å². The zero-order valence-electron chi connectivity index (χ0n) is 15.8. The van der Waals surface area contributed by atoms with Gasteiger partial charge in [-0.3, -0.25) is 0 Å². The smallest absolute Gasteiger partial charge is 0.200 e. The van der Waals surface area contributed by atoms with E-state index in [1.54, 1.807) is 0 Å². The summed E-state index contributed by atoms with van der Waals surface area (Å²) in [4.78, 5) is 0. The highest BCUT2D eigenvalue weighted by Gasteiger charge is 2.48. The van der Waals surface area contributed by atoms with Crippen molar-refractivity contribution in [2.75, 3.05) is 0 Å². The number of aliphatic hydroxyl groups is 1. The van der Waals surface area contributed by atoms with Gasteiger partial charge in [0.2, 0.25) is 8.32 Å². The Kier molecular flexibility index (Phi) is 8.68. The molecule has 0 aromatic rings. The van der Waals surface area contributed by atoms with Crippen molar-refractivity contribution in [1.29, 1.82) is 0 Å². The lowest BCUT2D eigenvalue weighted by Crippen LogP contribution is -2.54. The van der Waals surface area contributed by atoms with Crippen molar-refractivity contribution in [1.82, 2.24) is 0 Å². The maximum Gasteiger partial charge on any atom is 0.200 e. The minimum atomic E-state index is -2.06. The van der Waals surface area contributed by atoms with E-state index in [4.69, 9.17) is 10.8 Å². The Bertz CT molecular complexity index is 371. The molecule has 0 unspecified atom stereocenters. The van der Waals surface area contributed by atoms with Crippen LogP contribution in [0.3, 0.4) is 0 Å². The van der Waals surface area contributed by atoms with Crippen LogP contribution in [0.5, 0.6) is 0 Å². The lowest BCUT2D eigenvalue weighted by molar-refractivity contribution is 0.00541. The first kappa shape index (κ1) is 21.4. The van der Waals surface area contributed by atoms with Crippen LogP contribution in [-0.2, 0) is 4.43 Å². The van der Waals surface area contributed by atoms with Gasteiger partial charge in [0.25, 0.3) is 0 Å². The molecule has 0 saturated carbocycles. The van der Waals surface area contributed by atoms with Gasteiger partial charge in [0.15, 0.2) is 0 Å². The quantitative estimate of drug-likeness (QED) is 0.361. The third-order valence-corrected chi connectivity index (χ3v) is 11.1. The number of hydrogen-bond donors (Lipinski definition) is 1. The van der Waals surface area contributed by atoms with E-state index in [1.165, 1.54) is 0 Å². The second-order valence-corrected chi connectivity index (χ2v) is 12.9. The van der Waals surface area contributed by atoms with E-state index in [1.807, 2.05) is 6.92 Å². The summed E-state index contributed by atoms with van der Waals surface area (Å²) in [6.07, 6.45) is 4.82. The molecule has 0 fully saturated rings. The zero-order valence-corrected chi connectivity index (χ0v) is 16.8. The first-order valence-corrected chi connectivity index (χ1v) is 10.6. The predicted molar refractivity (Wildman–Crippen MR) is 99.4 cm³/mol. The Morgan fingerprint density at radius 3 is 1.77 bits per heavy atom. The summed E-state index contributed by atoms with van der Waals surface area (Å²) in [5, 5.41) is 10.6. The number of terminal acetylenes is 1. The van der Waals surface area contributed by atoms with Crippen molar-refractivity contribution in [3.8, 4) is 12.3 Å². The van der Waals surface area contributed by atoms with E-state index < -0.39 is 14.4 Å². The van der Waals surface area contributed by atoms with Crippen molar-refractivity contribution in [3.05, 3.63) is 12.2 Å². The van der Waals surface area contributed by atoms with Gasteiger partial charge < -0.3 is 9.53 Å². The molecule has 0 rings (SSSR count). The maximum absolute atomic E-state index is 10.6. The molecule has 0 bridgehead atoms. The first-order chi connectivity index (χ1) is 10.0. The highest BCUT2D eigenvalue weighted by Crippen LogP contribution is 2.44. The van der Waals surface area contributed by atoms with Gasteiger partial charge in [-0.2, -0.15) is 0 Å². The molecule has 22 heavy (non-hydrogen) atoms. The molecule has 0 aliphatic heterocycles. The minimum Gasteiger partial charge on any atom is -0.410 e. The Hall–Kier alpha value is -0.563. The largest absolute Gasteiger partial charge is 0.410 e.